The van der Waals surface area contributed by atoms with Gasteiger partial charge in [0.15, 0.2) is 0 Å². The predicted octanol–water partition coefficient (Wildman–Crippen LogP) is 2.40. The van der Waals surface area contributed by atoms with Crippen molar-refractivity contribution in [3.63, 3.8) is 0 Å². The molecular weight excluding hydrogens is 400 g/mol. The summed E-state index contributed by atoms with van der Waals surface area (Å²) in [5, 5.41) is 0. The average molecular weight is 422 g/mol. The first kappa shape index (κ1) is 20.5. The molecule has 8 nitrogen and oxygen atoms in total. The fraction of sp³-hybridized carbons (Fsp3) is 0.261. The van der Waals surface area contributed by atoms with Gasteiger partial charge in [-0.2, -0.15) is 0 Å². The Hall–Kier alpha value is -3.81. The second kappa shape index (κ2) is 8.51. The van der Waals surface area contributed by atoms with Crippen LogP contribution < -0.4 is 20.7 Å². The third kappa shape index (κ3) is 4.37. The van der Waals surface area contributed by atoms with E-state index in [0.29, 0.717) is 42.3 Å². The van der Waals surface area contributed by atoms with Crippen LogP contribution in [0.3, 0.4) is 0 Å². The van der Waals surface area contributed by atoms with Crippen LogP contribution in [-0.2, 0) is 0 Å². The number of likely N-dealkylation sites (tertiary alicyclic amines) is 1. The molecule has 1 amide bonds. The monoisotopic (exact) mass is 422 g/mol. The van der Waals surface area contributed by atoms with E-state index in [4.69, 9.17) is 13.9 Å². The van der Waals surface area contributed by atoms with E-state index in [9.17, 15) is 14.4 Å². The molecule has 1 atom stereocenters. The number of hydrogen-bond acceptors (Lipinski definition) is 6. The molecule has 8 heteroatoms. The standard InChI is InChI=1S/C23H22N2O6/c1-15-10-18(11-22(27)30-15)31-17-8-9-24(13-17)23(28)19-14-25(16-6-4-3-5-7-16)21(26)12-20(19)29-2/h3-7,10-12,14,17H,8-9,13H2,1-2H3. The lowest BCUT2D eigenvalue weighted by Crippen LogP contribution is -2.32. The Bertz CT molecular complexity index is 1210. The average Bonchev–Trinajstić information content (AvgIpc) is 3.21. The van der Waals surface area contributed by atoms with Crippen molar-refractivity contribution in [2.75, 3.05) is 20.2 Å². The van der Waals surface area contributed by atoms with Crippen LogP contribution in [0.5, 0.6) is 11.5 Å². The number of para-hydroxylation sites is 1. The van der Waals surface area contributed by atoms with E-state index in [1.165, 1.54) is 30.0 Å². The number of pyridine rings is 1. The first-order valence-electron chi connectivity index (χ1n) is 9.88. The number of rotatable bonds is 5. The summed E-state index contributed by atoms with van der Waals surface area (Å²) in [5.41, 5.74) is 0.183. The second-order valence-corrected chi connectivity index (χ2v) is 7.30. The molecule has 0 spiro atoms. The first-order chi connectivity index (χ1) is 14.9. The van der Waals surface area contributed by atoms with Crippen molar-refractivity contribution in [3.8, 4) is 17.2 Å². The van der Waals surface area contributed by atoms with E-state index in [0.717, 1.165) is 0 Å². The summed E-state index contributed by atoms with van der Waals surface area (Å²) in [6.45, 7) is 2.51. The molecule has 0 radical (unpaired) electrons. The van der Waals surface area contributed by atoms with E-state index in [1.807, 2.05) is 18.2 Å². The Morgan fingerprint density at radius 2 is 1.90 bits per heavy atom. The van der Waals surface area contributed by atoms with Gasteiger partial charge in [-0.05, 0) is 19.1 Å². The van der Waals surface area contributed by atoms with E-state index in [2.05, 4.69) is 0 Å². The molecule has 3 heterocycles. The minimum atomic E-state index is -0.478. The minimum absolute atomic E-state index is 0.225. The number of ether oxygens (including phenoxy) is 2. The molecule has 2 aromatic heterocycles. The molecule has 0 aliphatic carbocycles. The number of hydrogen-bond donors (Lipinski definition) is 0. The smallest absolute Gasteiger partial charge is 0.339 e. The van der Waals surface area contributed by atoms with Crippen LogP contribution >= 0.6 is 0 Å². The lowest BCUT2D eigenvalue weighted by molar-refractivity contribution is 0.0768. The van der Waals surface area contributed by atoms with Crippen molar-refractivity contribution < 1.29 is 18.7 Å². The number of methoxy groups -OCH3 is 1. The second-order valence-electron chi connectivity index (χ2n) is 7.30. The lowest BCUT2D eigenvalue weighted by Gasteiger charge is -2.19. The van der Waals surface area contributed by atoms with Crippen LogP contribution in [0.25, 0.3) is 5.69 Å². The molecule has 3 aromatic rings. The highest BCUT2D eigenvalue weighted by Crippen LogP contribution is 2.24. The van der Waals surface area contributed by atoms with Gasteiger partial charge < -0.3 is 18.8 Å². The van der Waals surface area contributed by atoms with Crippen LogP contribution in [0.2, 0.25) is 0 Å². The van der Waals surface area contributed by atoms with Gasteiger partial charge in [0.05, 0.1) is 25.3 Å². The third-order valence-electron chi connectivity index (χ3n) is 5.10. The molecule has 0 saturated carbocycles. The summed E-state index contributed by atoms with van der Waals surface area (Å²) in [5.74, 6) is 0.851. The highest BCUT2D eigenvalue weighted by atomic mass is 16.5. The Labute approximate surface area is 178 Å². The summed E-state index contributed by atoms with van der Waals surface area (Å²) < 4.78 is 17.6. The molecule has 1 aromatic carbocycles. The van der Waals surface area contributed by atoms with Gasteiger partial charge in [-0.1, -0.05) is 18.2 Å². The molecule has 4 rings (SSSR count). The lowest BCUT2D eigenvalue weighted by atomic mass is 10.2. The highest BCUT2D eigenvalue weighted by molar-refractivity contribution is 5.97. The Morgan fingerprint density at radius 1 is 1.13 bits per heavy atom. The van der Waals surface area contributed by atoms with Gasteiger partial charge in [-0.25, -0.2) is 4.79 Å². The van der Waals surface area contributed by atoms with Crippen molar-refractivity contribution in [2.24, 2.45) is 0 Å². The van der Waals surface area contributed by atoms with Crippen molar-refractivity contribution in [1.82, 2.24) is 9.47 Å². The number of amides is 1. The normalized spacial score (nSPS) is 15.7. The summed E-state index contributed by atoms with van der Waals surface area (Å²) in [7, 11) is 1.43. The van der Waals surface area contributed by atoms with Crippen LogP contribution in [0.15, 0.2) is 68.7 Å². The molecule has 1 unspecified atom stereocenters. The summed E-state index contributed by atoms with van der Waals surface area (Å²) >= 11 is 0. The SMILES string of the molecule is COc1cc(=O)n(-c2ccccc2)cc1C(=O)N1CCC(Oc2cc(C)oc(=O)c2)C1. The van der Waals surface area contributed by atoms with Crippen molar-refractivity contribution in [1.29, 1.82) is 0 Å². The van der Waals surface area contributed by atoms with E-state index in [1.54, 1.807) is 30.0 Å². The zero-order valence-electron chi connectivity index (χ0n) is 17.2. The molecule has 1 fully saturated rings. The topological polar surface area (TPSA) is 91.0 Å². The van der Waals surface area contributed by atoms with Gasteiger partial charge in [0, 0.05) is 37.0 Å². The number of benzene rings is 1. The Kier molecular flexibility index (Phi) is 5.62. The molecular formula is C23H22N2O6. The zero-order chi connectivity index (χ0) is 22.0. The molecule has 160 valence electrons. The Balaban J connectivity index is 1.56. The molecule has 31 heavy (non-hydrogen) atoms. The fourth-order valence-electron chi connectivity index (χ4n) is 3.65. The van der Waals surface area contributed by atoms with Gasteiger partial charge in [0.2, 0.25) is 0 Å². The maximum atomic E-state index is 13.2. The quantitative estimate of drug-likeness (QED) is 0.627. The molecule has 0 bridgehead atoms. The number of carbonyl (C=O) groups is 1. The number of nitrogens with zero attached hydrogens (tertiary/aromatic N) is 2. The van der Waals surface area contributed by atoms with Crippen molar-refractivity contribution in [3.05, 3.63) is 86.8 Å². The number of aryl methyl sites for hydroxylation is 1. The van der Waals surface area contributed by atoms with Gasteiger partial charge in [0.1, 0.15) is 23.4 Å². The molecule has 1 saturated heterocycles. The molecule has 1 aliphatic heterocycles. The fourth-order valence-corrected chi connectivity index (χ4v) is 3.65. The summed E-state index contributed by atoms with van der Waals surface area (Å²) in [4.78, 5) is 38.9. The van der Waals surface area contributed by atoms with Crippen molar-refractivity contribution in [2.45, 2.75) is 19.4 Å². The van der Waals surface area contributed by atoms with Crippen LogP contribution in [0.1, 0.15) is 22.5 Å². The van der Waals surface area contributed by atoms with Gasteiger partial charge in [-0.15, -0.1) is 0 Å². The van der Waals surface area contributed by atoms with Crippen molar-refractivity contribution >= 4 is 5.91 Å². The van der Waals surface area contributed by atoms with E-state index in [-0.39, 0.29) is 23.3 Å². The molecule has 1 aliphatic rings. The maximum absolute atomic E-state index is 13.2. The summed E-state index contributed by atoms with van der Waals surface area (Å²) in [6.07, 6.45) is 1.88. The van der Waals surface area contributed by atoms with Gasteiger partial charge >= 0.3 is 5.63 Å². The van der Waals surface area contributed by atoms with Crippen LogP contribution in [0.4, 0.5) is 0 Å². The summed E-state index contributed by atoms with van der Waals surface area (Å²) in [6, 6.07) is 13.3. The van der Waals surface area contributed by atoms with Gasteiger partial charge in [0.25, 0.3) is 11.5 Å². The van der Waals surface area contributed by atoms with Crippen LogP contribution in [0, 0.1) is 6.92 Å². The Morgan fingerprint density at radius 3 is 2.61 bits per heavy atom. The first-order valence-corrected chi connectivity index (χ1v) is 9.88. The van der Waals surface area contributed by atoms with E-state index >= 15 is 0 Å². The number of carbonyl (C=O) groups excluding carboxylic acids is 1. The van der Waals surface area contributed by atoms with E-state index < -0.39 is 5.63 Å². The predicted molar refractivity (Wildman–Crippen MR) is 113 cm³/mol. The largest absolute Gasteiger partial charge is 0.496 e. The zero-order valence-corrected chi connectivity index (χ0v) is 17.2. The van der Waals surface area contributed by atoms with Crippen LogP contribution in [-0.4, -0.2) is 41.7 Å². The molecule has 0 N–H and O–H groups in total. The maximum Gasteiger partial charge on any atom is 0.339 e. The third-order valence-corrected chi connectivity index (χ3v) is 5.10. The highest BCUT2D eigenvalue weighted by Gasteiger charge is 2.30. The minimum Gasteiger partial charge on any atom is -0.496 e. The number of aromatic nitrogens is 1. The van der Waals surface area contributed by atoms with Gasteiger partial charge in [-0.3, -0.25) is 14.2 Å².